The number of benzene rings is 1. The molecule has 1 aliphatic heterocycles. The quantitative estimate of drug-likeness (QED) is 0.868. The second-order valence-electron chi connectivity index (χ2n) is 5.00. The number of carbonyl (C=O) groups excluding carboxylic acids is 2. The summed E-state index contributed by atoms with van der Waals surface area (Å²) in [4.78, 5) is 26.1. The maximum Gasteiger partial charge on any atom is 0.235 e. The lowest BCUT2D eigenvalue weighted by molar-refractivity contribution is -0.129. The van der Waals surface area contributed by atoms with Crippen LogP contribution in [0.5, 0.6) is 0 Å². The first-order valence-electron chi connectivity index (χ1n) is 6.89. The fourth-order valence-electron chi connectivity index (χ4n) is 2.27. The van der Waals surface area contributed by atoms with Crippen LogP contribution in [-0.4, -0.2) is 35.1 Å². The summed E-state index contributed by atoms with van der Waals surface area (Å²) in [6.07, 6.45) is 2.24. The van der Waals surface area contributed by atoms with E-state index >= 15 is 0 Å². The predicted molar refractivity (Wildman–Crippen MR) is 81.9 cm³/mol. The van der Waals surface area contributed by atoms with Crippen molar-refractivity contribution in [2.75, 3.05) is 18.4 Å². The van der Waals surface area contributed by atoms with E-state index in [-0.39, 0.29) is 17.1 Å². The van der Waals surface area contributed by atoms with Gasteiger partial charge < -0.3 is 10.2 Å². The molecule has 20 heavy (non-hydrogen) atoms. The van der Waals surface area contributed by atoms with Gasteiger partial charge in [-0.25, -0.2) is 0 Å². The Morgan fingerprint density at radius 3 is 2.35 bits per heavy atom. The van der Waals surface area contributed by atoms with Crippen LogP contribution in [0.15, 0.2) is 29.2 Å². The topological polar surface area (TPSA) is 49.4 Å². The van der Waals surface area contributed by atoms with Gasteiger partial charge in [0, 0.05) is 30.6 Å². The molecule has 0 saturated carbocycles. The minimum atomic E-state index is -0.0806. The van der Waals surface area contributed by atoms with Crippen molar-refractivity contribution in [3.05, 3.63) is 24.3 Å². The fourth-order valence-corrected chi connectivity index (χ4v) is 3.22. The van der Waals surface area contributed by atoms with Crippen LogP contribution < -0.4 is 5.32 Å². The number of anilines is 1. The van der Waals surface area contributed by atoms with Gasteiger partial charge in [0.15, 0.2) is 0 Å². The molecule has 1 fully saturated rings. The molecule has 0 aromatic heterocycles. The highest BCUT2D eigenvalue weighted by atomic mass is 32.2. The normalized spacial score (nSPS) is 16.0. The number of nitrogens with one attached hydrogen (secondary N) is 1. The molecule has 1 aromatic carbocycles. The highest BCUT2D eigenvalue weighted by Gasteiger charge is 2.23. The maximum atomic E-state index is 12.2. The minimum Gasteiger partial charge on any atom is -0.342 e. The number of rotatable bonds is 4. The van der Waals surface area contributed by atoms with Crippen molar-refractivity contribution in [1.82, 2.24) is 4.90 Å². The molecule has 0 aliphatic carbocycles. The first-order valence-corrected chi connectivity index (χ1v) is 7.77. The smallest absolute Gasteiger partial charge is 0.235 e. The van der Waals surface area contributed by atoms with E-state index in [2.05, 4.69) is 5.32 Å². The van der Waals surface area contributed by atoms with Crippen molar-refractivity contribution in [1.29, 1.82) is 0 Å². The molecule has 2 rings (SSSR count). The first kappa shape index (κ1) is 14.9. The van der Waals surface area contributed by atoms with E-state index in [0.717, 1.165) is 36.5 Å². The molecule has 1 aromatic rings. The van der Waals surface area contributed by atoms with E-state index in [4.69, 9.17) is 0 Å². The molecule has 2 amide bonds. The molecule has 1 heterocycles. The lowest BCUT2D eigenvalue weighted by atomic mass is 10.3. The molecule has 108 valence electrons. The SMILES string of the molecule is CC(=O)Nc1ccc(SC(C)C(=O)N2CCCC2)cc1. The van der Waals surface area contributed by atoms with Gasteiger partial charge in [-0.15, -0.1) is 11.8 Å². The van der Waals surface area contributed by atoms with Crippen LogP contribution >= 0.6 is 11.8 Å². The predicted octanol–water partition coefficient (Wildman–Crippen LogP) is 2.75. The molecule has 1 N–H and O–H groups in total. The van der Waals surface area contributed by atoms with Crippen LogP contribution in [0.4, 0.5) is 5.69 Å². The summed E-state index contributed by atoms with van der Waals surface area (Å²) >= 11 is 1.56. The Morgan fingerprint density at radius 2 is 1.80 bits per heavy atom. The third kappa shape index (κ3) is 4.00. The van der Waals surface area contributed by atoms with Crippen molar-refractivity contribution in [2.24, 2.45) is 0 Å². The first-order chi connectivity index (χ1) is 9.56. The molecule has 1 atom stereocenters. The van der Waals surface area contributed by atoms with E-state index in [1.807, 2.05) is 36.1 Å². The Balaban J connectivity index is 1.91. The monoisotopic (exact) mass is 292 g/mol. The summed E-state index contributed by atoms with van der Waals surface area (Å²) in [5.74, 6) is 0.140. The average Bonchev–Trinajstić information content (AvgIpc) is 2.93. The number of amides is 2. The summed E-state index contributed by atoms with van der Waals surface area (Å²) in [5.41, 5.74) is 0.778. The largest absolute Gasteiger partial charge is 0.342 e. The van der Waals surface area contributed by atoms with Crippen LogP contribution in [-0.2, 0) is 9.59 Å². The standard InChI is InChI=1S/C15H20N2O2S/c1-11(15(19)17-9-3-4-10-17)20-14-7-5-13(6-8-14)16-12(2)18/h5-8,11H,3-4,9-10H2,1-2H3,(H,16,18). The van der Waals surface area contributed by atoms with Crippen LogP contribution in [0.1, 0.15) is 26.7 Å². The zero-order chi connectivity index (χ0) is 14.5. The Morgan fingerprint density at radius 1 is 1.20 bits per heavy atom. The van der Waals surface area contributed by atoms with Crippen LogP contribution in [0.25, 0.3) is 0 Å². The molecule has 0 spiro atoms. The highest BCUT2D eigenvalue weighted by Crippen LogP contribution is 2.26. The number of thioether (sulfide) groups is 1. The minimum absolute atomic E-state index is 0.0697. The van der Waals surface area contributed by atoms with E-state index in [9.17, 15) is 9.59 Å². The molecule has 5 heteroatoms. The third-order valence-corrected chi connectivity index (χ3v) is 4.35. The molecule has 1 saturated heterocycles. The van der Waals surface area contributed by atoms with Gasteiger partial charge in [0.05, 0.1) is 5.25 Å². The van der Waals surface area contributed by atoms with Crippen LogP contribution in [0, 0.1) is 0 Å². The van der Waals surface area contributed by atoms with Crippen molar-refractivity contribution in [3.63, 3.8) is 0 Å². The van der Waals surface area contributed by atoms with Gasteiger partial charge in [-0.1, -0.05) is 0 Å². The summed E-state index contributed by atoms with van der Waals surface area (Å²) in [6, 6.07) is 7.58. The van der Waals surface area contributed by atoms with E-state index in [1.165, 1.54) is 6.92 Å². The third-order valence-electron chi connectivity index (χ3n) is 3.25. The molecule has 0 bridgehead atoms. The second kappa shape index (κ2) is 6.79. The van der Waals surface area contributed by atoms with Crippen molar-refractivity contribution in [2.45, 2.75) is 36.8 Å². The summed E-state index contributed by atoms with van der Waals surface area (Å²) in [7, 11) is 0. The van der Waals surface area contributed by atoms with Gasteiger partial charge in [-0.05, 0) is 44.0 Å². The Labute approximate surface area is 123 Å². The summed E-state index contributed by atoms with van der Waals surface area (Å²) in [5, 5.41) is 2.66. The summed E-state index contributed by atoms with van der Waals surface area (Å²) in [6.45, 7) is 5.23. The average molecular weight is 292 g/mol. The molecule has 1 unspecified atom stereocenters. The van der Waals surface area contributed by atoms with Crippen molar-refractivity contribution in [3.8, 4) is 0 Å². The molecule has 0 radical (unpaired) electrons. The van der Waals surface area contributed by atoms with Crippen LogP contribution in [0.3, 0.4) is 0 Å². The van der Waals surface area contributed by atoms with Crippen LogP contribution in [0.2, 0.25) is 0 Å². The van der Waals surface area contributed by atoms with E-state index < -0.39 is 0 Å². The van der Waals surface area contributed by atoms with Gasteiger partial charge >= 0.3 is 0 Å². The molecule has 4 nitrogen and oxygen atoms in total. The second-order valence-corrected chi connectivity index (χ2v) is 6.41. The lowest BCUT2D eigenvalue weighted by Crippen LogP contribution is -2.33. The Bertz CT molecular complexity index is 481. The zero-order valence-corrected chi connectivity index (χ0v) is 12.7. The van der Waals surface area contributed by atoms with E-state index in [0.29, 0.717) is 0 Å². The van der Waals surface area contributed by atoms with Gasteiger partial charge in [0.1, 0.15) is 0 Å². The zero-order valence-electron chi connectivity index (χ0n) is 11.9. The fraction of sp³-hybridized carbons (Fsp3) is 0.467. The van der Waals surface area contributed by atoms with Gasteiger partial charge in [0.25, 0.3) is 0 Å². The van der Waals surface area contributed by atoms with Gasteiger partial charge in [-0.3, -0.25) is 9.59 Å². The number of carbonyl (C=O) groups is 2. The molecule has 1 aliphatic rings. The summed E-state index contributed by atoms with van der Waals surface area (Å²) < 4.78 is 0. The number of hydrogen-bond donors (Lipinski definition) is 1. The van der Waals surface area contributed by atoms with Crippen molar-refractivity contribution >= 4 is 29.3 Å². The highest BCUT2D eigenvalue weighted by molar-refractivity contribution is 8.00. The molecular weight excluding hydrogens is 272 g/mol. The lowest BCUT2D eigenvalue weighted by Gasteiger charge is -2.20. The number of nitrogens with zero attached hydrogens (tertiary/aromatic N) is 1. The Hall–Kier alpha value is -1.49. The van der Waals surface area contributed by atoms with Gasteiger partial charge in [-0.2, -0.15) is 0 Å². The number of hydrogen-bond acceptors (Lipinski definition) is 3. The maximum absolute atomic E-state index is 12.2. The van der Waals surface area contributed by atoms with Gasteiger partial charge in [0.2, 0.25) is 11.8 Å². The van der Waals surface area contributed by atoms with E-state index in [1.54, 1.807) is 11.8 Å². The number of likely N-dealkylation sites (tertiary alicyclic amines) is 1. The molecular formula is C15H20N2O2S. The Kier molecular flexibility index (Phi) is 5.06. The van der Waals surface area contributed by atoms with Crippen molar-refractivity contribution < 1.29 is 9.59 Å².